The van der Waals surface area contributed by atoms with Crippen LogP contribution in [0.25, 0.3) is 11.3 Å². The quantitative estimate of drug-likeness (QED) is 0.798. The molecule has 0 saturated heterocycles. The number of hydrogen-bond acceptors (Lipinski definition) is 4. The van der Waals surface area contributed by atoms with E-state index >= 15 is 0 Å². The van der Waals surface area contributed by atoms with Gasteiger partial charge in [-0.3, -0.25) is 0 Å². The van der Waals surface area contributed by atoms with Crippen LogP contribution in [0, 0.1) is 0 Å². The molecule has 0 saturated carbocycles. The lowest BCUT2D eigenvalue weighted by molar-refractivity contribution is -0.153. The predicted molar refractivity (Wildman–Crippen MR) is 67.8 cm³/mol. The Morgan fingerprint density at radius 3 is 2.32 bits per heavy atom. The second kappa shape index (κ2) is 5.44. The molecule has 0 aliphatic heterocycles. The van der Waals surface area contributed by atoms with Crippen LogP contribution in [-0.4, -0.2) is 27.4 Å². The molecule has 2 aromatic rings. The summed E-state index contributed by atoms with van der Waals surface area (Å²) in [6, 6.07) is 9.82. The number of halogens is 1. The highest BCUT2D eigenvalue weighted by molar-refractivity contribution is 6.30. The van der Waals surface area contributed by atoms with E-state index in [9.17, 15) is 15.0 Å². The average molecular weight is 283 g/mol. The Kier molecular flexibility index (Phi) is 3.90. The molecular weight excluding hydrogens is 272 g/mol. The van der Waals surface area contributed by atoms with E-state index < -0.39 is 18.2 Å². The van der Waals surface area contributed by atoms with Crippen molar-refractivity contribution in [1.29, 1.82) is 0 Å². The summed E-state index contributed by atoms with van der Waals surface area (Å²) in [5, 5.41) is 28.0. The number of furan rings is 1. The first kappa shape index (κ1) is 13.6. The molecule has 0 aliphatic carbocycles. The molecule has 0 aliphatic rings. The Balaban J connectivity index is 2.24. The zero-order valence-electron chi connectivity index (χ0n) is 9.65. The van der Waals surface area contributed by atoms with Crippen LogP contribution in [0.15, 0.2) is 40.8 Å². The van der Waals surface area contributed by atoms with Crippen molar-refractivity contribution in [2.45, 2.75) is 12.2 Å². The first-order valence-corrected chi connectivity index (χ1v) is 5.81. The van der Waals surface area contributed by atoms with E-state index in [1.54, 1.807) is 30.3 Å². The lowest BCUT2D eigenvalue weighted by Crippen LogP contribution is -2.27. The van der Waals surface area contributed by atoms with Crippen LogP contribution in [0.1, 0.15) is 11.9 Å². The van der Waals surface area contributed by atoms with Gasteiger partial charge in [0.25, 0.3) is 0 Å². The highest BCUT2D eigenvalue weighted by Crippen LogP contribution is 2.27. The standard InChI is InChI=1S/C13H11ClO5/c14-8-3-1-7(2-4-8)9-5-6-10(19-9)11(15)12(16)13(17)18/h1-6,11-12,15-16H,(H,17,18). The average Bonchev–Trinajstić information content (AvgIpc) is 2.87. The monoisotopic (exact) mass is 282 g/mol. The molecule has 100 valence electrons. The van der Waals surface area contributed by atoms with Crippen LogP contribution in [-0.2, 0) is 4.79 Å². The zero-order chi connectivity index (χ0) is 14.0. The van der Waals surface area contributed by atoms with Crippen LogP contribution in [0.4, 0.5) is 0 Å². The summed E-state index contributed by atoms with van der Waals surface area (Å²) in [6.45, 7) is 0. The van der Waals surface area contributed by atoms with Gasteiger partial charge in [-0.1, -0.05) is 11.6 Å². The van der Waals surface area contributed by atoms with Gasteiger partial charge in [0.05, 0.1) is 0 Å². The van der Waals surface area contributed by atoms with Gasteiger partial charge in [-0.15, -0.1) is 0 Å². The highest BCUT2D eigenvalue weighted by atomic mass is 35.5. The minimum atomic E-state index is -1.93. The number of hydrogen-bond donors (Lipinski definition) is 3. The summed E-state index contributed by atoms with van der Waals surface area (Å²) in [5.41, 5.74) is 0.729. The Morgan fingerprint density at radius 2 is 1.74 bits per heavy atom. The minimum Gasteiger partial charge on any atom is -0.479 e. The third-order valence-electron chi connectivity index (χ3n) is 2.60. The molecule has 1 aromatic carbocycles. The van der Waals surface area contributed by atoms with Gasteiger partial charge in [0.15, 0.2) is 6.10 Å². The number of carboxylic acid groups (broad SMARTS) is 1. The van der Waals surface area contributed by atoms with Crippen LogP contribution >= 0.6 is 11.6 Å². The third-order valence-corrected chi connectivity index (χ3v) is 2.85. The topological polar surface area (TPSA) is 90.9 Å². The van der Waals surface area contributed by atoms with Gasteiger partial charge in [-0.25, -0.2) is 4.79 Å². The number of aliphatic hydroxyl groups is 2. The van der Waals surface area contributed by atoms with Crippen molar-refractivity contribution in [2.24, 2.45) is 0 Å². The number of rotatable bonds is 4. The molecule has 1 aromatic heterocycles. The van der Waals surface area contributed by atoms with Gasteiger partial charge in [0, 0.05) is 10.6 Å². The third kappa shape index (κ3) is 2.96. The molecule has 0 fully saturated rings. The number of carboxylic acids is 1. The number of benzene rings is 1. The fourth-order valence-electron chi connectivity index (χ4n) is 1.57. The molecule has 3 N–H and O–H groups in total. The Bertz CT molecular complexity index is 575. The van der Waals surface area contributed by atoms with Gasteiger partial charge < -0.3 is 19.7 Å². The molecule has 0 spiro atoms. The smallest absolute Gasteiger partial charge is 0.335 e. The lowest BCUT2D eigenvalue weighted by Gasteiger charge is -2.10. The number of carbonyl (C=O) groups is 1. The van der Waals surface area contributed by atoms with Crippen molar-refractivity contribution in [2.75, 3.05) is 0 Å². The fourth-order valence-corrected chi connectivity index (χ4v) is 1.70. The lowest BCUT2D eigenvalue weighted by atomic mass is 10.1. The van der Waals surface area contributed by atoms with E-state index in [0.717, 1.165) is 5.56 Å². The molecule has 2 atom stereocenters. The molecule has 5 nitrogen and oxygen atoms in total. The maximum atomic E-state index is 10.6. The molecule has 0 amide bonds. The van der Waals surface area contributed by atoms with Crippen molar-refractivity contribution in [3.05, 3.63) is 47.2 Å². The van der Waals surface area contributed by atoms with Gasteiger partial charge in [-0.2, -0.15) is 0 Å². The maximum absolute atomic E-state index is 10.6. The van der Waals surface area contributed by atoms with Crippen molar-refractivity contribution in [3.8, 4) is 11.3 Å². The fraction of sp³-hybridized carbons (Fsp3) is 0.154. The van der Waals surface area contributed by atoms with E-state index in [-0.39, 0.29) is 5.76 Å². The molecule has 2 rings (SSSR count). The zero-order valence-corrected chi connectivity index (χ0v) is 10.4. The van der Waals surface area contributed by atoms with Crippen molar-refractivity contribution in [3.63, 3.8) is 0 Å². The molecule has 1 heterocycles. The van der Waals surface area contributed by atoms with Crippen LogP contribution in [0.5, 0.6) is 0 Å². The minimum absolute atomic E-state index is 0.0140. The molecule has 0 radical (unpaired) electrons. The summed E-state index contributed by atoms with van der Waals surface area (Å²) < 4.78 is 5.33. The normalized spacial score (nSPS) is 14.1. The molecule has 0 bridgehead atoms. The van der Waals surface area contributed by atoms with Gasteiger partial charge in [0.1, 0.15) is 17.6 Å². The largest absolute Gasteiger partial charge is 0.479 e. The number of aliphatic hydroxyl groups excluding tert-OH is 2. The number of aliphatic carboxylic acids is 1. The summed E-state index contributed by atoms with van der Waals surface area (Å²) in [6.07, 6.45) is -3.54. The van der Waals surface area contributed by atoms with Crippen LogP contribution in [0.2, 0.25) is 5.02 Å². The van der Waals surface area contributed by atoms with Gasteiger partial charge >= 0.3 is 5.97 Å². The summed E-state index contributed by atoms with van der Waals surface area (Å²) in [4.78, 5) is 10.6. The summed E-state index contributed by atoms with van der Waals surface area (Å²) in [7, 11) is 0. The molecule has 2 unspecified atom stereocenters. The van der Waals surface area contributed by atoms with E-state index in [1.165, 1.54) is 6.07 Å². The summed E-state index contributed by atoms with van der Waals surface area (Å²) >= 11 is 5.76. The second-order valence-electron chi connectivity index (χ2n) is 3.94. The van der Waals surface area contributed by atoms with Crippen molar-refractivity contribution >= 4 is 17.6 Å². The van der Waals surface area contributed by atoms with Gasteiger partial charge in [-0.05, 0) is 36.4 Å². The predicted octanol–water partition coefficient (Wildman–Crippen LogP) is 2.08. The highest BCUT2D eigenvalue weighted by Gasteiger charge is 2.27. The van der Waals surface area contributed by atoms with Gasteiger partial charge in [0.2, 0.25) is 0 Å². The van der Waals surface area contributed by atoms with E-state index in [4.69, 9.17) is 21.1 Å². The first-order valence-electron chi connectivity index (χ1n) is 5.43. The summed E-state index contributed by atoms with van der Waals surface area (Å²) in [5.74, 6) is -1.08. The Morgan fingerprint density at radius 1 is 1.11 bits per heavy atom. The van der Waals surface area contributed by atoms with E-state index in [0.29, 0.717) is 10.8 Å². The van der Waals surface area contributed by atoms with E-state index in [2.05, 4.69) is 0 Å². The molecular formula is C13H11ClO5. The second-order valence-corrected chi connectivity index (χ2v) is 4.37. The van der Waals surface area contributed by atoms with Crippen molar-refractivity contribution < 1.29 is 24.5 Å². The van der Waals surface area contributed by atoms with Crippen LogP contribution in [0.3, 0.4) is 0 Å². The molecule has 19 heavy (non-hydrogen) atoms. The molecule has 6 heteroatoms. The maximum Gasteiger partial charge on any atom is 0.335 e. The van der Waals surface area contributed by atoms with Crippen LogP contribution < -0.4 is 0 Å². The Labute approximate surface area is 113 Å². The first-order chi connectivity index (χ1) is 8.99. The SMILES string of the molecule is O=C(O)C(O)C(O)c1ccc(-c2ccc(Cl)cc2)o1. The van der Waals surface area contributed by atoms with Crippen molar-refractivity contribution in [1.82, 2.24) is 0 Å². The Hall–Kier alpha value is -1.82. The van der Waals surface area contributed by atoms with E-state index in [1.807, 2.05) is 0 Å².